The summed E-state index contributed by atoms with van der Waals surface area (Å²) < 4.78 is 5.44. The largest absolute Gasteiger partial charge is 0.398 e. The second-order valence-corrected chi connectivity index (χ2v) is 5.81. The lowest BCUT2D eigenvalue weighted by molar-refractivity contribution is -0.135. The molecule has 2 rings (SSSR count). The van der Waals surface area contributed by atoms with Crippen LogP contribution in [0.2, 0.25) is 0 Å². The van der Waals surface area contributed by atoms with Gasteiger partial charge >= 0.3 is 0 Å². The second-order valence-electron chi connectivity index (χ2n) is 4.80. The van der Waals surface area contributed by atoms with Crippen molar-refractivity contribution in [1.29, 1.82) is 0 Å². The molecule has 1 aliphatic rings. The summed E-state index contributed by atoms with van der Waals surface area (Å²) in [7, 11) is 0. The second kappa shape index (κ2) is 6.30. The number of rotatable bonds is 3. The molecule has 0 spiro atoms. The Hall–Kier alpha value is -1.20. The van der Waals surface area contributed by atoms with Crippen molar-refractivity contribution < 1.29 is 9.53 Å². The van der Waals surface area contributed by atoms with Gasteiger partial charge in [0.1, 0.15) is 0 Å². The Bertz CT molecular complexity index is 465. The summed E-state index contributed by atoms with van der Waals surface area (Å²) in [5.74, 6) is 0.585. The van der Waals surface area contributed by atoms with Crippen LogP contribution in [0.3, 0.4) is 0 Å². The van der Waals surface area contributed by atoms with Gasteiger partial charge in [0, 0.05) is 23.7 Å². The van der Waals surface area contributed by atoms with E-state index < -0.39 is 0 Å². The van der Waals surface area contributed by atoms with Gasteiger partial charge in [-0.05, 0) is 25.5 Å². The first-order valence-corrected chi connectivity index (χ1v) is 7.43. The molecule has 1 heterocycles. The molecule has 1 aromatic carbocycles. The predicted octanol–water partition coefficient (Wildman–Crippen LogP) is 1.92. The molecule has 0 aromatic heterocycles. The van der Waals surface area contributed by atoms with Gasteiger partial charge < -0.3 is 15.4 Å². The molecule has 0 radical (unpaired) electrons. The minimum absolute atomic E-state index is 0.131. The van der Waals surface area contributed by atoms with Crippen molar-refractivity contribution in [3.8, 4) is 0 Å². The molecular weight excluding hydrogens is 260 g/mol. The van der Waals surface area contributed by atoms with Gasteiger partial charge in [0.25, 0.3) is 0 Å². The first-order valence-electron chi connectivity index (χ1n) is 6.45. The molecule has 5 heteroatoms. The monoisotopic (exact) mass is 280 g/mol. The number of hydrogen-bond acceptors (Lipinski definition) is 4. The number of morpholine rings is 1. The highest BCUT2D eigenvalue weighted by Crippen LogP contribution is 2.27. The van der Waals surface area contributed by atoms with Gasteiger partial charge in [0.15, 0.2) is 0 Å². The third kappa shape index (κ3) is 3.64. The highest BCUT2D eigenvalue weighted by molar-refractivity contribution is 8.00. The van der Waals surface area contributed by atoms with Crippen LogP contribution in [0, 0.1) is 6.92 Å². The smallest absolute Gasteiger partial charge is 0.233 e. The van der Waals surface area contributed by atoms with Crippen molar-refractivity contribution in [1.82, 2.24) is 4.90 Å². The van der Waals surface area contributed by atoms with E-state index in [-0.39, 0.29) is 12.0 Å². The van der Waals surface area contributed by atoms with Crippen molar-refractivity contribution in [3.63, 3.8) is 0 Å². The minimum atomic E-state index is 0.131. The van der Waals surface area contributed by atoms with Crippen molar-refractivity contribution in [2.75, 3.05) is 31.2 Å². The molecule has 1 aliphatic heterocycles. The average Bonchev–Trinajstić information content (AvgIpc) is 2.40. The van der Waals surface area contributed by atoms with Crippen LogP contribution in [0.25, 0.3) is 0 Å². The summed E-state index contributed by atoms with van der Waals surface area (Å²) in [6.07, 6.45) is 0.131. The molecule has 2 N–H and O–H groups in total. The first-order chi connectivity index (χ1) is 9.08. The first kappa shape index (κ1) is 14.2. The van der Waals surface area contributed by atoms with E-state index in [1.54, 1.807) is 0 Å². The molecule has 1 fully saturated rings. The summed E-state index contributed by atoms with van der Waals surface area (Å²) in [4.78, 5) is 15.0. The Morgan fingerprint density at radius 1 is 1.58 bits per heavy atom. The Labute approximate surface area is 118 Å². The maximum atomic E-state index is 12.1. The number of amides is 1. The standard InChI is InChI=1S/C14H20N2O2S/c1-10-4-3-5-12(14(10)15)19-9-13(17)16-6-7-18-11(2)8-16/h3-5,11H,6-9,15H2,1-2H3. The SMILES string of the molecule is Cc1cccc(SCC(=O)N2CCOC(C)C2)c1N. The van der Waals surface area contributed by atoms with E-state index in [0.29, 0.717) is 25.4 Å². The van der Waals surface area contributed by atoms with E-state index in [1.807, 2.05) is 36.9 Å². The molecule has 0 saturated carbocycles. The van der Waals surface area contributed by atoms with E-state index >= 15 is 0 Å². The molecule has 0 bridgehead atoms. The van der Waals surface area contributed by atoms with Crippen LogP contribution in [0.1, 0.15) is 12.5 Å². The van der Waals surface area contributed by atoms with Gasteiger partial charge in [-0.15, -0.1) is 11.8 Å². The lowest BCUT2D eigenvalue weighted by Crippen LogP contribution is -2.45. The highest BCUT2D eigenvalue weighted by Gasteiger charge is 2.21. The zero-order valence-corrected chi connectivity index (χ0v) is 12.2. The minimum Gasteiger partial charge on any atom is -0.398 e. The van der Waals surface area contributed by atoms with Gasteiger partial charge in [-0.25, -0.2) is 0 Å². The third-order valence-corrected chi connectivity index (χ3v) is 4.29. The number of nitrogens with zero attached hydrogens (tertiary/aromatic N) is 1. The van der Waals surface area contributed by atoms with Crippen LogP contribution in [0.4, 0.5) is 5.69 Å². The van der Waals surface area contributed by atoms with Gasteiger partial charge in [0.2, 0.25) is 5.91 Å². The van der Waals surface area contributed by atoms with Crippen LogP contribution < -0.4 is 5.73 Å². The number of ether oxygens (including phenoxy) is 1. The predicted molar refractivity (Wildman–Crippen MR) is 78.3 cm³/mol. The molecule has 104 valence electrons. The van der Waals surface area contributed by atoms with Gasteiger partial charge in [-0.2, -0.15) is 0 Å². The summed E-state index contributed by atoms with van der Waals surface area (Å²) in [6.45, 7) is 5.97. The zero-order valence-electron chi connectivity index (χ0n) is 11.4. The molecule has 1 aromatic rings. The molecule has 0 aliphatic carbocycles. The summed E-state index contributed by atoms with van der Waals surface area (Å²) >= 11 is 1.51. The fourth-order valence-corrected chi connectivity index (χ4v) is 3.01. The number of benzene rings is 1. The number of aryl methyl sites for hydroxylation is 1. The van der Waals surface area contributed by atoms with Crippen LogP contribution in [-0.2, 0) is 9.53 Å². The Morgan fingerprint density at radius 2 is 2.37 bits per heavy atom. The summed E-state index contributed by atoms with van der Waals surface area (Å²) in [6, 6.07) is 5.91. The van der Waals surface area contributed by atoms with Crippen LogP contribution in [0.15, 0.2) is 23.1 Å². The average molecular weight is 280 g/mol. The van der Waals surface area contributed by atoms with Crippen molar-refractivity contribution in [2.45, 2.75) is 24.8 Å². The molecular formula is C14H20N2O2S. The van der Waals surface area contributed by atoms with E-state index in [2.05, 4.69) is 0 Å². The van der Waals surface area contributed by atoms with Gasteiger partial charge in [-0.3, -0.25) is 4.79 Å². The van der Waals surface area contributed by atoms with Crippen LogP contribution in [-0.4, -0.2) is 42.4 Å². The van der Waals surface area contributed by atoms with Crippen molar-refractivity contribution in [3.05, 3.63) is 23.8 Å². The number of hydrogen-bond donors (Lipinski definition) is 1. The maximum Gasteiger partial charge on any atom is 0.233 e. The van der Waals surface area contributed by atoms with Crippen molar-refractivity contribution in [2.24, 2.45) is 0 Å². The fourth-order valence-electron chi connectivity index (χ4n) is 2.06. The molecule has 19 heavy (non-hydrogen) atoms. The number of nitrogen functional groups attached to an aromatic ring is 1. The number of anilines is 1. The summed E-state index contributed by atoms with van der Waals surface area (Å²) in [5, 5.41) is 0. The molecule has 1 unspecified atom stereocenters. The number of thioether (sulfide) groups is 1. The maximum absolute atomic E-state index is 12.1. The molecule has 1 amide bonds. The fraction of sp³-hybridized carbons (Fsp3) is 0.500. The van der Waals surface area contributed by atoms with Gasteiger partial charge in [-0.1, -0.05) is 12.1 Å². The quantitative estimate of drug-likeness (QED) is 0.679. The van der Waals surface area contributed by atoms with Crippen LogP contribution >= 0.6 is 11.8 Å². The van der Waals surface area contributed by atoms with E-state index in [9.17, 15) is 4.79 Å². The van der Waals surface area contributed by atoms with E-state index in [4.69, 9.17) is 10.5 Å². The molecule has 4 nitrogen and oxygen atoms in total. The van der Waals surface area contributed by atoms with E-state index in [1.165, 1.54) is 11.8 Å². The molecule has 1 saturated heterocycles. The lowest BCUT2D eigenvalue weighted by atomic mass is 10.2. The Kier molecular flexibility index (Phi) is 4.71. The van der Waals surface area contributed by atoms with Gasteiger partial charge in [0.05, 0.1) is 18.5 Å². The summed E-state index contributed by atoms with van der Waals surface area (Å²) in [5.41, 5.74) is 7.83. The third-order valence-electron chi connectivity index (χ3n) is 3.23. The van der Waals surface area contributed by atoms with Crippen LogP contribution in [0.5, 0.6) is 0 Å². The number of nitrogens with two attached hydrogens (primary N) is 1. The van der Waals surface area contributed by atoms with Crippen molar-refractivity contribution >= 4 is 23.4 Å². The van der Waals surface area contributed by atoms with E-state index in [0.717, 1.165) is 16.1 Å². The normalized spacial score (nSPS) is 19.5. The number of para-hydroxylation sites is 1. The Balaban J connectivity index is 1.91. The molecule has 1 atom stereocenters. The highest BCUT2D eigenvalue weighted by atomic mass is 32.2. The number of carbonyl (C=O) groups excluding carboxylic acids is 1. The topological polar surface area (TPSA) is 55.6 Å². The zero-order chi connectivity index (χ0) is 13.8. The lowest BCUT2D eigenvalue weighted by Gasteiger charge is -2.31. The number of carbonyl (C=O) groups is 1. The Morgan fingerprint density at radius 3 is 3.11 bits per heavy atom.